The molecule has 1 aromatic carbocycles. The first-order valence-electron chi connectivity index (χ1n) is 7.93. The zero-order chi connectivity index (χ0) is 17.2. The molecule has 3 aromatic rings. The van der Waals surface area contributed by atoms with Crippen LogP contribution in [0.5, 0.6) is 0 Å². The molecule has 0 aliphatic heterocycles. The number of fused-ring (bicyclic) bond motifs is 1. The first-order valence-corrected chi connectivity index (χ1v) is 8.81. The van der Waals surface area contributed by atoms with E-state index in [4.69, 9.17) is 0 Å². The summed E-state index contributed by atoms with van der Waals surface area (Å²) in [6.07, 6.45) is 0.875. The van der Waals surface area contributed by atoms with E-state index in [-0.39, 0.29) is 12.5 Å². The van der Waals surface area contributed by atoms with Crippen LogP contribution in [-0.2, 0) is 16.8 Å². The van der Waals surface area contributed by atoms with Crippen molar-refractivity contribution >= 4 is 28.3 Å². The molecular formula is C18H21N3O2S. The number of nitrogens with zero attached hydrogens (tertiary/aromatic N) is 1. The number of benzene rings is 1. The number of hydrogen-bond acceptors (Lipinski definition) is 4. The van der Waals surface area contributed by atoms with Gasteiger partial charge in [-0.2, -0.15) is 0 Å². The SMILES string of the molecule is Cc1cccc2[nH]c(CCC(=O)NCC(C)(O)c3cccs3)nc12. The zero-order valence-corrected chi connectivity index (χ0v) is 14.6. The van der Waals surface area contributed by atoms with Crippen LogP contribution >= 0.6 is 11.3 Å². The van der Waals surface area contributed by atoms with Crippen LogP contribution in [0.2, 0.25) is 0 Å². The standard InChI is InChI=1S/C18H21N3O2S/c1-12-5-3-6-13-17(12)21-15(20-13)8-9-16(22)19-11-18(2,23)14-7-4-10-24-14/h3-7,10,23H,8-9,11H2,1-2H3,(H,19,22)(H,20,21). The molecule has 0 spiro atoms. The Labute approximate surface area is 144 Å². The number of carbonyl (C=O) groups excluding carboxylic acids is 1. The van der Waals surface area contributed by atoms with E-state index in [1.54, 1.807) is 6.92 Å². The molecular weight excluding hydrogens is 322 g/mol. The van der Waals surface area contributed by atoms with Crippen molar-refractivity contribution in [1.82, 2.24) is 15.3 Å². The fourth-order valence-electron chi connectivity index (χ4n) is 2.61. The second-order valence-corrected chi connectivity index (χ2v) is 7.13. The summed E-state index contributed by atoms with van der Waals surface area (Å²) < 4.78 is 0. The Bertz CT molecular complexity index is 837. The van der Waals surface area contributed by atoms with Crippen LogP contribution < -0.4 is 5.32 Å². The molecule has 0 saturated heterocycles. The van der Waals surface area contributed by atoms with E-state index in [1.165, 1.54) is 11.3 Å². The van der Waals surface area contributed by atoms with Gasteiger partial charge in [-0.05, 0) is 36.9 Å². The Balaban J connectivity index is 1.54. The molecule has 0 bridgehead atoms. The third-order valence-corrected chi connectivity index (χ3v) is 5.16. The summed E-state index contributed by atoms with van der Waals surface area (Å²) >= 11 is 1.48. The molecule has 6 heteroatoms. The highest BCUT2D eigenvalue weighted by Gasteiger charge is 2.24. The monoisotopic (exact) mass is 343 g/mol. The van der Waals surface area contributed by atoms with E-state index in [1.807, 2.05) is 42.6 Å². The van der Waals surface area contributed by atoms with Gasteiger partial charge in [0.2, 0.25) is 5.91 Å². The van der Waals surface area contributed by atoms with Crippen molar-refractivity contribution in [2.45, 2.75) is 32.3 Å². The van der Waals surface area contributed by atoms with Crippen LogP contribution in [0.4, 0.5) is 0 Å². The predicted molar refractivity (Wildman–Crippen MR) is 96.1 cm³/mol. The number of nitrogens with one attached hydrogen (secondary N) is 2. The number of amides is 1. The number of aromatic amines is 1. The van der Waals surface area contributed by atoms with Crippen LogP contribution in [0, 0.1) is 6.92 Å². The van der Waals surface area contributed by atoms with Gasteiger partial charge in [0.05, 0.1) is 17.6 Å². The molecule has 3 N–H and O–H groups in total. The Morgan fingerprint density at radius 2 is 2.21 bits per heavy atom. The second kappa shape index (κ2) is 6.75. The van der Waals surface area contributed by atoms with Crippen molar-refractivity contribution < 1.29 is 9.90 Å². The number of hydrogen-bond donors (Lipinski definition) is 3. The molecule has 2 heterocycles. The van der Waals surface area contributed by atoms with Crippen LogP contribution in [0.25, 0.3) is 11.0 Å². The molecule has 126 valence electrons. The van der Waals surface area contributed by atoms with Crippen LogP contribution in [0.3, 0.4) is 0 Å². The van der Waals surface area contributed by atoms with Gasteiger partial charge in [-0.15, -0.1) is 11.3 Å². The highest BCUT2D eigenvalue weighted by molar-refractivity contribution is 7.10. The van der Waals surface area contributed by atoms with E-state index in [9.17, 15) is 9.90 Å². The molecule has 1 atom stereocenters. The maximum Gasteiger partial charge on any atom is 0.220 e. The van der Waals surface area contributed by atoms with Crippen LogP contribution in [0.1, 0.15) is 29.6 Å². The minimum absolute atomic E-state index is 0.0935. The Kier molecular flexibility index (Phi) is 4.69. The first kappa shape index (κ1) is 16.7. The fraction of sp³-hybridized carbons (Fsp3) is 0.333. The van der Waals surface area contributed by atoms with Crippen LogP contribution in [-0.4, -0.2) is 27.5 Å². The normalized spacial score (nSPS) is 13.8. The third-order valence-electron chi connectivity index (χ3n) is 4.03. The Morgan fingerprint density at radius 3 is 2.92 bits per heavy atom. The molecule has 1 unspecified atom stereocenters. The lowest BCUT2D eigenvalue weighted by Gasteiger charge is -2.22. The molecule has 0 fully saturated rings. The van der Waals surface area contributed by atoms with Crippen molar-refractivity contribution in [1.29, 1.82) is 0 Å². The maximum atomic E-state index is 12.1. The van der Waals surface area contributed by atoms with Gasteiger partial charge in [0.25, 0.3) is 0 Å². The van der Waals surface area contributed by atoms with Crippen molar-refractivity contribution in [2.24, 2.45) is 0 Å². The largest absolute Gasteiger partial charge is 0.383 e. The molecule has 5 nitrogen and oxygen atoms in total. The maximum absolute atomic E-state index is 12.1. The molecule has 1 amide bonds. The molecule has 24 heavy (non-hydrogen) atoms. The summed E-state index contributed by atoms with van der Waals surface area (Å²) in [6.45, 7) is 3.93. The molecule has 0 radical (unpaired) electrons. The number of imidazole rings is 1. The number of aromatic nitrogens is 2. The molecule has 0 saturated carbocycles. The summed E-state index contributed by atoms with van der Waals surface area (Å²) in [7, 11) is 0. The van der Waals surface area contributed by atoms with E-state index in [0.29, 0.717) is 12.8 Å². The van der Waals surface area contributed by atoms with E-state index in [0.717, 1.165) is 27.3 Å². The van der Waals surface area contributed by atoms with E-state index in [2.05, 4.69) is 15.3 Å². The summed E-state index contributed by atoms with van der Waals surface area (Å²) in [5.74, 6) is 0.712. The minimum Gasteiger partial charge on any atom is -0.383 e. The van der Waals surface area contributed by atoms with Crippen LogP contribution in [0.15, 0.2) is 35.7 Å². The molecule has 2 aromatic heterocycles. The average molecular weight is 343 g/mol. The van der Waals surface area contributed by atoms with Gasteiger partial charge in [-0.25, -0.2) is 4.98 Å². The first-order chi connectivity index (χ1) is 11.5. The minimum atomic E-state index is -1.04. The number of rotatable bonds is 6. The molecule has 3 rings (SSSR count). The highest BCUT2D eigenvalue weighted by Crippen LogP contribution is 2.24. The summed E-state index contributed by atoms with van der Waals surface area (Å²) in [6, 6.07) is 9.75. The summed E-state index contributed by atoms with van der Waals surface area (Å²) in [5.41, 5.74) is 2.02. The fourth-order valence-corrected chi connectivity index (χ4v) is 3.40. The highest BCUT2D eigenvalue weighted by atomic mass is 32.1. The lowest BCUT2D eigenvalue weighted by Crippen LogP contribution is -2.38. The van der Waals surface area contributed by atoms with E-state index >= 15 is 0 Å². The topological polar surface area (TPSA) is 78.0 Å². The number of aliphatic hydroxyl groups is 1. The molecule has 0 aliphatic carbocycles. The molecule has 0 aliphatic rings. The van der Waals surface area contributed by atoms with Gasteiger partial charge in [0, 0.05) is 17.7 Å². The third kappa shape index (κ3) is 3.66. The predicted octanol–water partition coefficient (Wildman–Crippen LogP) is 2.89. The van der Waals surface area contributed by atoms with Gasteiger partial charge in [-0.3, -0.25) is 4.79 Å². The van der Waals surface area contributed by atoms with Gasteiger partial charge in [0.15, 0.2) is 0 Å². The Morgan fingerprint density at radius 1 is 1.38 bits per heavy atom. The number of thiophene rings is 1. The second-order valence-electron chi connectivity index (χ2n) is 6.18. The number of H-pyrrole nitrogens is 1. The van der Waals surface area contributed by atoms with Gasteiger partial charge in [0.1, 0.15) is 11.4 Å². The lowest BCUT2D eigenvalue weighted by molar-refractivity contribution is -0.122. The number of carbonyl (C=O) groups is 1. The van der Waals surface area contributed by atoms with Gasteiger partial charge < -0.3 is 15.4 Å². The summed E-state index contributed by atoms with van der Waals surface area (Å²) in [5, 5.41) is 15.1. The number of aryl methyl sites for hydroxylation is 2. The van der Waals surface area contributed by atoms with E-state index < -0.39 is 5.60 Å². The smallest absolute Gasteiger partial charge is 0.220 e. The zero-order valence-electron chi connectivity index (χ0n) is 13.8. The van der Waals surface area contributed by atoms with Crippen molar-refractivity contribution in [2.75, 3.05) is 6.54 Å². The number of para-hydroxylation sites is 1. The Hall–Kier alpha value is -2.18. The van der Waals surface area contributed by atoms with Gasteiger partial charge in [-0.1, -0.05) is 18.2 Å². The van der Waals surface area contributed by atoms with Crippen molar-refractivity contribution in [3.63, 3.8) is 0 Å². The quantitative estimate of drug-likeness (QED) is 0.644. The van der Waals surface area contributed by atoms with Crippen molar-refractivity contribution in [3.8, 4) is 0 Å². The van der Waals surface area contributed by atoms with Gasteiger partial charge >= 0.3 is 0 Å². The van der Waals surface area contributed by atoms with Crippen molar-refractivity contribution in [3.05, 3.63) is 52.0 Å². The lowest BCUT2D eigenvalue weighted by atomic mass is 10.1. The average Bonchev–Trinajstić information content (AvgIpc) is 3.21. The summed E-state index contributed by atoms with van der Waals surface area (Å²) in [4.78, 5) is 20.7.